The van der Waals surface area contributed by atoms with Crippen molar-refractivity contribution in [1.82, 2.24) is 15.1 Å². The Morgan fingerprint density at radius 1 is 1.35 bits per heavy atom. The van der Waals surface area contributed by atoms with Crippen LogP contribution in [0.4, 0.5) is 0 Å². The lowest BCUT2D eigenvalue weighted by molar-refractivity contribution is 0.520. The van der Waals surface area contributed by atoms with Gasteiger partial charge in [-0.15, -0.1) is 0 Å². The smallest absolute Gasteiger partial charge is 0.147 e. The quantitative estimate of drug-likeness (QED) is 0.880. The number of nitrogens with zero attached hydrogens (tertiary/aromatic N) is 2. The Hall–Kier alpha value is -1.40. The van der Waals surface area contributed by atoms with E-state index in [0.717, 1.165) is 23.0 Å². The van der Waals surface area contributed by atoms with Crippen LogP contribution in [-0.2, 0) is 16.9 Å². The highest BCUT2D eigenvalue weighted by Gasteiger charge is 2.17. The summed E-state index contributed by atoms with van der Waals surface area (Å²) < 4.78 is 24.3. The number of nitrogens with one attached hydrogen (secondary N) is 1. The summed E-state index contributed by atoms with van der Waals surface area (Å²) in [4.78, 5) is 0. The van der Waals surface area contributed by atoms with Gasteiger partial charge < -0.3 is 5.32 Å². The Morgan fingerprint density at radius 3 is 2.70 bits per heavy atom. The van der Waals surface area contributed by atoms with Gasteiger partial charge in [-0.3, -0.25) is 4.68 Å². The van der Waals surface area contributed by atoms with Gasteiger partial charge in [-0.2, -0.15) is 5.10 Å². The number of sulfone groups is 1. The number of aromatic nitrogens is 2. The molecular weight excluding hydrogens is 274 g/mol. The minimum Gasteiger partial charge on any atom is -0.312 e. The molecule has 1 aromatic heterocycles. The highest BCUT2D eigenvalue weighted by atomic mass is 32.2. The van der Waals surface area contributed by atoms with Crippen LogP contribution in [0.25, 0.3) is 10.9 Å². The second-order valence-electron chi connectivity index (χ2n) is 5.14. The molecule has 1 unspecified atom stereocenters. The van der Waals surface area contributed by atoms with E-state index < -0.39 is 9.84 Å². The van der Waals surface area contributed by atoms with E-state index in [1.807, 2.05) is 37.0 Å². The molecule has 1 aromatic carbocycles. The van der Waals surface area contributed by atoms with E-state index in [9.17, 15) is 8.42 Å². The SMILES string of the molecule is CNC(CCCS(C)(=O)=O)c1nn(C)c2ccccc12. The Bertz CT molecular complexity index is 692. The molecule has 0 amide bonds. The molecule has 0 saturated heterocycles. The van der Waals surface area contributed by atoms with Crippen molar-refractivity contribution < 1.29 is 8.42 Å². The first kappa shape index (κ1) is 15.0. The number of hydrogen-bond acceptors (Lipinski definition) is 4. The van der Waals surface area contributed by atoms with Crippen LogP contribution in [0.3, 0.4) is 0 Å². The van der Waals surface area contributed by atoms with Crippen LogP contribution in [0, 0.1) is 0 Å². The molecule has 0 spiro atoms. The second kappa shape index (κ2) is 5.93. The molecule has 6 heteroatoms. The number of para-hydroxylation sites is 1. The Balaban J connectivity index is 2.22. The van der Waals surface area contributed by atoms with Crippen molar-refractivity contribution in [2.45, 2.75) is 18.9 Å². The van der Waals surface area contributed by atoms with Crippen molar-refractivity contribution in [2.24, 2.45) is 7.05 Å². The van der Waals surface area contributed by atoms with Crippen molar-refractivity contribution in [3.8, 4) is 0 Å². The van der Waals surface area contributed by atoms with E-state index in [1.54, 1.807) is 0 Å². The first-order chi connectivity index (χ1) is 9.42. The normalized spacial score (nSPS) is 13.8. The molecule has 0 aliphatic carbocycles. The minimum atomic E-state index is -2.90. The molecule has 110 valence electrons. The number of benzene rings is 1. The Morgan fingerprint density at radius 2 is 2.05 bits per heavy atom. The topological polar surface area (TPSA) is 64.0 Å². The average molecular weight is 295 g/mol. The fraction of sp³-hybridized carbons (Fsp3) is 0.500. The van der Waals surface area contributed by atoms with Crippen molar-refractivity contribution in [3.63, 3.8) is 0 Å². The molecular formula is C14H21N3O2S. The summed E-state index contributed by atoms with van der Waals surface area (Å²) in [5, 5.41) is 8.94. The zero-order valence-electron chi connectivity index (χ0n) is 12.1. The second-order valence-corrected chi connectivity index (χ2v) is 7.40. The van der Waals surface area contributed by atoms with Gasteiger partial charge in [0.15, 0.2) is 0 Å². The molecule has 1 heterocycles. The third-order valence-corrected chi connectivity index (χ3v) is 4.50. The van der Waals surface area contributed by atoms with Crippen molar-refractivity contribution in [3.05, 3.63) is 30.0 Å². The fourth-order valence-corrected chi connectivity index (χ4v) is 3.16. The van der Waals surface area contributed by atoms with Gasteiger partial charge in [0.25, 0.3) is 0 Å². The monoisotopic (exact) mass is 295 g/mol. The minimum absolute atomic E-state index is 0.0721. The highest BCUT2D eigenvalue weighted by Crippen LogP contribution is 2.25. The molecule has 0 aliphatic rings. The zero-order chi connectivity index (χ0) is 14.8. The first-order valence-corrected chi connectivity index (χ1v) is 8.75. The summed E-state index contributed by atoms with van der Waals surface area (Å²) in [6, 6.07) is 8.15. The molecule has 1 N–H and O–H groups in total. The molecule has 0 saturated carbocycles. The van der Waals surface area contributed by atoms with Crippen LogP contribution in [0.1, 0.15) is 24.6 Å². The lowest BCUT2D eigenvalue weighted by Crippen LogP contribution is -2.18. The summed E-state index contributed by atoms with van der Waals surface area (Å²) in [7, 11) is 0.908. The van der Waals surface area contributed by atoms with E-state index in [0.29, 0.717) is 6.42 Å². The van der Waals surface area contributed by atoms with Gasteiger partial charge >= 0.3 is 0 Å². The Labute approximate surface area is 119 Å². The number of rotatable bonds is 6. The van der Waals surface area contributed by atoms with Crippen LogP contribution >= 0.6 is 0 Å². The fourth-order valence-electron chi connectivity index (χ4n) is 2.47. The van der Waals surface area contributed by atoms with Gasteiger partial charge in [-0.1, -0.05) is 18.2 Å². The number of fused-ring (bicyclic) bond motifs is 1. The van der Waals surface area contributed by atoms with Crippen LogP contribution in [0.15, 0.2) is 24.3 Å². The predicted octanol–water partition coefficient (Wildman–Crippen LogP) is 1.66. The van der Waals surface area contributed by atoms with Gasteiger partial charge in [0.05, 0.1) is 17.3 Å². The van der Waals surface area contributed by atoms with E-state index >= 15 is 0 Å². The maximum Gasteiger partial charge on any atom is 0.147 e. The maximum atomic E-state index is 11.2. The van der Waals surface area contributed by atoms with Gasteiger partial charge in [-0.05, 0) is 26.0 Å². The molecule has 2 aromatic rings. The first-order valence-electron chi connectivity index (χ1n) is 6.69. The van der Waals surface area contributed by atoms with E-state index in [2.05, 4.69) is 16.5 Å². The van der Waals surface area contributed by atoms with E-state index in [-0.39, 0.29) is 11.8 Å². The van der Waals surface area contributed by atoms with Crippen LogP contribution in [0.5, 0.6) is 0 Å². The van der Waals surface area contributed by atoms with Crippen molar-refractivity contribution >= 4 is 20.7 Å². The van der Waals surface area contributed by atoms with Gasteiger partial charge in [-0.25, -0.2) is 8.42 Å². The van der Waals surface area contributed by atoms with Gasteiger partial charge in [0, 0.05) is 24.4 Å². The van der Waals surface area contributed by atoms with Crippen molar-refractivity contribution in [1.29, 1.82) is 0 Å². The summed E-state index contributed by atoms with van der Waals surface area (Å²) in [6.07, 6.45) is 2.66. The van der Waals surface area contributed by atoms with Gasteiger partial charge in [0.2, 0.25) is 0 Å². The van der Waals surface area contributed by atoms with Crippen LogP contribution in [0.2, 0.25) is 0 Å². The third-order valence-electron chi connectivity index (χ3n) is 3.47. The molecule has 0 bridgehead atoms. The van der Waals surface area contributed by atoms with Crippen LogP contribution in [-0.4, -0.2) is 37.3 Å². The third kappa shape index (κ3) is 3.37. The molecule has 5 nitrogen and oxygen atoms in total. The summed E-state index contributed by atoms with van der Waals surface area (Å²) in [5.41, 5.74) is 2.07. The average Bonchev–Trinajstić information content (AvgIpc) is 2.72. The number of hydrogen-bond donors (Lipinski definition) is 1. The van der Waals surface area contributed by atoms with Gasteiger partial charge in [0.1, 0.15) is 9.84 Å². The highest BCUT2D eigenvalue weighted by molar-refractivity contribution is 7.90. The molecule has 2 rings (SSSR count). The predicted molar refractivity (Wildman–Crippen MR) is 81.5 cm³/mol. The standard InChI is InChI=1S/C14H21N3O2S/c1-15-12(8-6-10-20(3,18)19)14-11-7-4-5-9-13(11)17(2)16-14/h4-5,7,9,12,15H,6,8,10H2,1-3H3. The van der Waals surface area contributed by atoms with E-state index in [1.165, 1.54) is 6.26 Å². The summed E-state index contributed by atoms with van der Waals surface area (Å²) >= 11 is 0. The zero-order valence-corrected chi connectivity index (χ0v) is 12.9. The van der Waals surface area contributed by atoms with E-state index in [4.69, 9.17) is 0 Å². The maximum absolute atomic E-state index is 11.2. The lowest BCUT2D eigenvalue weighted by atomic mass is 10.1. The Kier molecular flexibility index (Phi) is 4.45. The molecule has 0 radical (unpaired) electrons. The number of aryl methyl sites for hydroxylation is 1. The van der Waals surface area contributed by atoms with Crippen LogP contribution < -0.4 is 5.32 Å². The molecule has 1 atom stereocenters. The summed E-state index contributed by atoms with van der Waals surface area (Å²) in [6.45, 7) is 0. The largest absolute Gasteiger partial charge is 0.312 e. The lowest BCUT2D eigenvalue weighted by Gasteiger charge is -2.13. The molecule has 20 heavy (non-hydrogen) atoms. The van der Waals surface area contributed by atoms with Crippen molar-refractivity contribution in [2.75, 3.05) is 19.1 Å². The summed E-state index contributed by atoms with van der Waals surface area (Å²) in [5.74, 6) is 0.218. The molecule has 0 fully saturated rings. The molecule has 0 aliphatic heterocycles.